The van der Waals surface area contributed by atoms with Gasteiger partial charge >= 0.3 is 6.09 Å². The van der Waals surface area contributed by atoms with Gasteiger partial charge in [0, 0.05) is 24.4 Å². The van der Waals surface area contributed by atoms with Crippen LogP contribution in [0.15, 0.2) is 54.6 Å². The molecule has 3 unspecified atom stereocenters. The van der Waals surface area contributed by atoms with E-state index in [1.54, 1.807) is 0 Å². The Balaban J connectivity index is 1.08. The van der Waals surface area contributed by atoms with E-state index in [1.807, 2.05) is 54.6 Å². The highest BCUT2D eigenvalue weighted by molar-refractivity contribution is 7.91. The average molecular weight is 759 g/mol. The minimum absolute atomic E-state index is 0.0406. The maximum absolute atomic E-state index is 14.5. The molecule has 0 spiro atoms. The van der Waals surface area contributed by atoms with Gasteiger partial charge in [-0.05, 0) is 86.3 Å². The van der Waals surface area contributed by atoms with Gasteiger partial charge in [-0.2, -0.15) is 4.80 Å². The first kappa shape index (κ1) is 36.1. The second kappa shape index (κ2) is 14.8. The highest BCUT2D eigenvalue weighted by atomic mass is 32.2. The number of ether oxygens (including phenoxy) is 1. The highest BCUT2D eigenvalue weighted by Gasteiger charge is 2.62. The number of carbonyl (C=O) groups excluding carboxylic acids is 4. The van der Waals surface area contributed by atoms with E-state index >= 15 is 0 Å². The van der Waals surface area contributed by atoms with E-state index < -0.39 is 68.7 Å². The summed E-state index contributed by atoms with van der Waals surface area (Å²) in [4.78, 5) is 58.6. The van der Waals surface area contributed by atoms with Crippen LogP contribution in [0.1, 0.15) is 89.5 Å². The van der Waals surface area contributed by atoms with Gasteiger partial charge in [0.2, 0.25) is 27.7 Å². The standard InChI is InChI=1S/C38H46N8O7S/c47-34-32-21-28(46-42-33(41-44-46)26-17-16-24-10-6-7-11-25(24)20-26)23-45(32)35(48)31(39-37(50)53-29-13-8-9-14-29)15-5-3-1-2-4-12-27-22-38(27,40-34)36(49)43-54(51,52)30-18-19-30/h4,6-7,10-12,16-17,20,27-32H,1-3,5,8-9,13-15,18-19,21-23H2,(H,39,50)(H,40,47)(H,43,49)/b12-4+/t27?,28-,31?,32?,38-/m1/s1. The Morgan fingerprint density at radius 3 is 2.52 bits per heavy atom. The first-order valence-corrected chi connectivity index (χ1v) is 20.8. The van der Waals surface area contributed by atoms with Crippen LogP contribution in [0.3, 0.4) is 0 Å². The van der Waals surface area contributed by atoms with Crippen LogP contribution in [0.25, 0.3) is 22.2 Å². The Labute approximate surface area is 313 Å². The lowest BCUT2D eigenvalue weighted by atomic mass is 10.0. The van der Waals surface area contributed by atoms with E-state index in [0.29, 0.717) is 37.9 Å². The topological polar surface area (TPSA) is 195 Å². The molecular weight excluding hydrogens is 713 g/mol. The molecule has 3 aliphatic carbocycles. The van der Waals surface area contributed by atoms with Crippen LogP contribution in [-0.4, -0.2) is 92.9 Å². The van der Waals surface area contributed by atoms with Crippen LogP contribution < -0.4 is 15.4 Å². The van der Waals surface area contributed by atoms with Crippen molar-refractivity contribution in [2.45, 2.75) is 118 Å². The summed E-state index contributed by atoms with van der Waals surface area (Å²) >= 11 is 0. The molecule has 8 rings (SSSR count). The molecule has 5 atom stereocenters. The minimum Gasteiger partial charge on any atom is -0.446 e. The molecule has 4 fully saturated rings. The van der Waals surface area contributed by atoms with E-state index in [1.165, 1.54) is 9.70 Å². The lowest BCUT2D eigenvalue weighted by Crippen LogP contribution is -2.58. The van der Waals surface area contributed by atoms with E-state index in [-0.39, 0.29) is 25.5 Å². The summed E-state index contributed by atoms with van der Waals surface area (Å²) in [7, 11) is -3.88. The number of allylic oxidation sites excluding steroid dienone is 1. The van der Waals surface area contributed by atoms with Gasteiger partial charge in [-0.1, -0.05) is 61.4 Å². The van der Waals surface area contributed by atoms with Gasteiger partial charge < -0.3 is 20.3 Å². The van der Waals surface area contributed by atoms with Crippen molar-refractivity contribution in [3.63, 3.8) is 0 Å². The number of nitrogens with one attached hydrogen (secondary N) is 3. The first-order chi connectivity index (χ1) is 26.1. The summed E-state index contributed by atoms with van der Waals surface area (Å²) in [6.07, 6.45) is 11.1. The molecule has 3 saturated carbocycles. The van der Waals surface area contributed by atoms with Crippen LogP contribution in [-0.2, 0) is 29.1 Å². The molecule has 1 aromatic heterocycles. The number of hydrogen-bond acceptors (Lipinski definition) is 10. The largest absolute Gasteiger partial charge is 0.446 e. The smallest absolute Gasteiger partial charge is 0.408 e. The molecule has 16 heteroatoms. The SMILES string of the molecule is O=C(NC1CCCCC/C=C/C2C[C@@]2(C(=O)NS(=O)(=O)C2CC2)NC(=O)C2C[C@@H](n3nnc(-c4ccc5ccccc5c4)n3)CN2C1=O)OC1CCCC1. The predicted octanol–water partition coefficient (Wildman–Crippen LogP) is 3.68. The predicted molar refractivity (Wildman–Crippen MR) is 197 cm³/mol. The van der Waals surface area contributed by atoms with E-state index in [9.17, 15) is 27.6 Å². The van der Waals surface area contributed by atoms with Gasteiger partial charge in [-0.15, -0.1) is 10.2 Å². The Kier molecular flexibility index (Phi) is 9.87. The fraction of sp³-hybridized carbons (Fsp3) is 0.553. The van der Waals surface area contributed by atoms with Crippen molar-refractivity contribution < 1.29 is 32.3 Å². The number of alkyl carbamates (subject to hydrolysis) is 1. The van der Waals surface area contributed by atoms with Gasteiger partial charge in [0.15, 0.2) is 0 Å². The number of hydrogen-bond donors (Lipinski definition) is 3. The number of fused-ring (bicyclic) bond motifs is 3. The summed E-state index contributed by atoms with van der Waals surface area (Å²) < 4.78 is 33.6. The molecule has 0 bridgehead atoms. The lowest BCUT2D eigenvalue weighted by molar-refractivity contribution is -0.141. The van der Waals surface area contributed by atoms with Crippen LogP contribution in [0.2, 0.25) is 0 Å². The minimum atomic E-state index is -3.88. The van der Waals surface area contributed by atoms with E-state index in [0.717, 1.165) is 54.9 Å². The summed E-state index contributed by atoms with van der Waals surface area (Å²) in [5.41, 5.74) is -0.728. The van der Waals surface area contributed by atoms with Gasteiger partial charge in [0.25, 0.3) is 5.91 Å². The second-order valence-corrected chi connectivity index (χ2v) is 17.4. The third-order valence-corrected chi connectivity index (χ3v) is 13.3. The Hall–Kier alpha value is -4.86. The zero-order valence-electron chi connectivity index (χ0n) is 30.1. The van der Waals surface area contributed by atoms with Crippen LogP contribution >= 0.6 is 0 Å². The third kappa shape index (κ3) is 7.57. The molecule has 4 amide bonds. The number of aromatic nitrogens is 4. The monoisotopic (exact) mass is 758 g/mol. The zero-order chi connectivity index (χ0) is 37.5. The van der Waals surface area contributed by atoms with Crippen molar-refractivity contribution in [2.75, 3.05) is 6.54 Å². The van der Waals surface area contributed by atoms with Gasteiger partial charge in [-0.25, -0.2) is 13.2 Å². The zero-order valence-corrected chi connectivity index (χ0v) is 30.9. The average Bonchev–Trinajstić information content (AvgIpc) is 3.91. The Bertz CT molecular complexity index is 2080. The van der Waals surface area contributed by atoms with E-state index in [4.69, 9.17) is 4.74 Å². The summed E-state index contributed by atoms with van der Waals surface area (Å²) in [6, 6.07) is 11.2. The summed E-state index contributed by atoms with van der Waals surface area (Å²) in [5.74, 6) is -1.86. The molecule has 286 valence electrons. The molecule has 3 heterocycles. The fourth-order valence-electron chi connectivity index (χ4n) is 8.10. The summed E-state index contributed by atoms with van der Waals surface area (Å²) in [5, 5.41) is 20.5. The molecule has 15 nitrogen and oxygen atoms in total. The fourth-order valence-corrected chi connectivity index (χ4v) is 9.47. The maximum atomic E-state index is 14.5. The maximum Gasteiger partial charge on any atom is 0.408 e. The van der Waals surface area contributed by atoms with Gasteiger partial charge in [-0.3, -0.25) is 19.1 Å². The number of nitrogens with zero attached hydrogens (tertiary/aromatic N) is 5. The molecule has 3 aromatic rings. The van der Waals surface area contributed by atoms with E-state index in [2.05, 4.69) is 30.8 Å². The Morgan fingerprint density at radius 2 is 1.72 bits per heavy atom. The molecule has 3 N–H and O–H groups in total. The third-order valence-electron chi connectivity index (χ3n) is 11.5. The quantitative estimate of drug-likeness (QED) is 0.299. The highest BCUT2D eigenvalue weighted by Crippen LogP contribution is 2.46. The number of carbonyl (C=O) groups is 4. The number of benzene rings is 2. The number of amides is 4. The second-order valence-electron chi connectivity index (χ2n) is 15.4. The molecule has 5 aliphatic rings. The van der Waals surface area contributed by atoms with Crippen molar-refractivity contribution in [1.29, 1.82) is 0 Å². The van der Waals surface area contributed by atoms with Crippen molar-refractivity contribution in [2.24, 2.45) is 5.92 Å². The molecule has 54 heavy (non-hydrogen) atoms. The van der Waals surface area contributed by atoms with Crippen LogP contribution in [0.5, 0.6) is 0 Å². The van der Waals surface area contributed by atoms with Gasteiger partial charge in [0.1, 0.15) is 23.7 Å². The van der Waals surface area contributed by atoms with Crippen LogP contribution in [0.4, 0.5) is 4.79 Å². The normalized spacial score (nSPS) is 28.6. The molecular formula is C38H46N8O7S. The number of sulfonamides is 1. The first-order valence-electron chi connectivity index (χ1n) is 19.2. The molecule has 1 saturated heterocycles. The van der Waals surface area contributed by atoms with Crippen molar-refractivity contribution >= 4 is 44.6 Å². The van der Waals surface area contributed by atoms with Crippen molar-refractivity contribution in [1.82, 2.24) is 40.5 Å². The van der Waals surface area contributed by atoms with Crippen LogP contribution in [0, 0.1) is 5.92 Å². The number of tetrazole rings is 1. The van der Waals surface area contributed by atoms with Gasteiger partial charge in [0.05, 0.1) is 11.3 Å². The lowest BCUT2D eigenvalue weighted by Gasteiger charge is -2.30. The molecule has 2 aromatic carbocycles. The van der Waals surface area contributed by atoms with Crippen molar-refractivity contribution in [3.8, 4) is 11.4 Å². The number of rotatable bonds is 7. The Morgan fingerprint density at radius 1 is 0.944 bits per heavy atom. The molecule has 0 radical (unpaired) electrons. The van der Waals surface area contributed by atoms with Crippen molar-refractivity contribution in [3.05, 3.63) is 54.6 Å². The summed E-state index contributed by atoms with van der Waals surface area (Å²) in [6.45, 7) is 0.0406. The molecule has 2 aliphatic heterocycles.